The third-order valence-electron chi connectivity index (χ3n) is 5.90. The molecule has 0 spiro atoms. The van der Waals surface area contributed by atoms with E-state index in [-0.39, 0.29) is 0 Å². The molecule has 8 heteroatoms. The van der Waals surface area contributed by atoms with Gasteiger partial charge in [-0.1, -0.05) is 43.9 Å². The lowest BCUT2D eigenvalue weighted by molar-refractivity contribution is -0.659. The van der Waals surface area contributed by atoms with Gasteiger partial charge < -0.3 is 4.42 Å². The average molecular weight is 472 g/mol. The Bertz CT molecular complexity index is 1530. The van der Waals surface area contributed by atoms with E-state index in [9.17, 15) is 13.2 Å². The van der Waals surface area contributed by atoms with Crippen molar-refractivity contribution in [2.75, 3.05) is 0 Å². The van der Waals surface area contributed by atoms with E-state index in [0.29, 0.717) is 38.1 Å². The van der Waals surface area contributed by atoms with Crippen LogP contribution in [0.4, 0.5) is 13.2 Å². The lowest BCUT2D eigenvalue weighted by Gasteiger charge is -2.15. The molecule has 0 N–H and O–H groups in total. The van der Waals surface area contributed by atoms with Gasteiger partial charge in [0, 0.05) is 16.6 Å². The van der Waals surface area contributed by atoms with Gasteiger partial charge in [-0.25, -0.2) is 9.55 Å². The molecular formula is C24H22F3N2OSSi+. The van der Waals surface area contributed by atoms with Crippen LogP contribution in [0.2, 0.25) is 19.6 Å². The number of furan rings is 1. The number of halogens is 3. The minimum Gasteiger partial charge on any atom is -0.455 e. The van der Waals surface area contributed by atoms with E-state index in [1.165, 1.54) is 5.19 Å². The smallest absolute Gasteiger partial charge is 0.443 e. The molecule has 0 unspecified atom stereocenters. The molecule has 0 saturated heterocycles. The summed E-state index contributed by atoms with van der Waals surface area (Å²) in [7, 11) is 0.456. The Labute approximate surface area is 188 Å². The molecule has 5 aromatic rings. The second kappa shape index (κ2) is 6.89. The SMILES string of the molecule is Cc1c(-c2ccc([Si](C)(C)C)c[n+]2C)c2oc3ccccc3c2c2nc(C(F)(F)F)sc12. The molecular weight excluding hydrogens is 449 g/mol. The number of alkyl halides is 3. The number of hydrogen-bond acceptors (Lipinski definition) is 3. The first-order valence-electron chi connectivity index (χ1n) is 10.3. The van der Waals surface area contributed by atoms with Gasteiger partial charge in [0.1, 0.15) is 12.6 Å². The molecule has 0 aliphatic heterocycles. The number of aromatic nitrogens is 2. The van der Waals surface area contributed by atoms with Gasteiger partial charge in [0.05, 0.1) is 29.2 Å². The number of rotatable bonds is 2. The van der Waals surface area contributed by atoms with E-state index in [1.807, 2.05) is 38.2 Å². The van der Waals surface area contributed by atoms with Crippen LogP contribution < -0.4 is 9.75 Å². The number of para-hydroxylation sites is 1. The number of aryl methyl sites for hydroxylation is 2. The fraction of sp³-hybridized carbons (Fsp3) is 0.250. The molecule has 0 aliphatic rings. The second-order valence-electron chi connectivity index (χ2n) is 9.16. The molecule has 0 saturated carbocycles. The van der Waals surface area contributed by atoms with Crippen LogP contribution in [0.5, 0.6) is 0 Å². The number of benzene rings is 2. The lowest BCUT2D eigenvalue weighted by Crippen LogP contribution is -2.45. The van der Waals surface area contributed by atoms with Crippen LogP contribution in [0.1, 0.15) is 10.6 Å². The zero-order valence-electron chi connectivity index (χ0n) is 18.4. The van der Waals surface area contributed by atoms with E-state index < -0.39 is 19.3 Å². The maximum absolute atomic E-state index is 13.6. The molecule has 32 heavy (non-hydrogen) atoms. The summed E-state index contributed by atoms with van der Waals surface area (Å²) in [6.45, 7) is 8.71. The van der Waals surface area contributed by atoms with Crippen LogP contribution in [0, 0.1) is 6.92 Å². The van der Waals surface area contributed by atoms with Crippen molar-refractivity contribution in [3.8, 4) is 11.3 Å². The maximum Gasteiger partial charge on any atom is 0.443 e. The second-order valence-corrected chi connectivity index (χ2v) is 15.2. The molecule has 0 bridgehead atoms. The van der Waals surface area contributed by atoms with E-state index in [0.717, 1.165) is 22.2 Å². The summed E-state index contributed by atoms with van der Waals surface area (Å²) in [5.74, 6) is 0. The Morgan fingerprint density at radius 2 is 1.78 bits per heavy atom. The van der Waals surface area contributed by atoms with Crippen LogP contribution in [-0.4, -0.2) is 13.1 Å². The number of nitrogens with zero attached hydrogens (tertiary/aromatic N) is 2. The summed E-state index contributed by atoms with van der Waals surface area (Å²) < 4.78 is 49.5. The van der Waals surface area contributed by atoms with Gasteiger partial charge in [0.25, 0.3) is 0 Å². The standard InChI is InChI=1S/C24H22F3N2OSSi/c1-13-18(16-11-10-14(12-29(16)2)32(3,4)5)21-19(15-8-6-7-9-17(15)30-21)20-22(13)31-23(28-20)24(25,26)27/h6-12H,1-5H3/q+1. The fourth-order valence-electron chi connectivity index (χ4n) is 4.22. The predicted octanol–water partition coefficient (Wildman–Crippen LogP) is 6.56. The average Bonchev–Trinajstić information content (AvgIpc) is 3.30. The molecule has 0 atom stereocenters. The number of fused-ring (bicyclic) bond motifs is 5. The molecule has 164 valence electrons. The summed E-state index contributed by atoms with van der Waals surface area (Å²) in [4.78, 5) is 4.03. The van der Waals surface area contributed by atoms with Gasteiger partial charge in [-0.2, -0.15) is 13.2 Å². The molecule has 0 radical (unpaired) electrons. The Hall–Kier alpha value is -2.71. The minimum atomic E-state index is -4.49. The molecule has 0 amide bonds. The Balaban J connectivity index is 1.94. The molecule has 3 aromatic heterocycles. The molecule has 3 heterocycles. The summed E-state index contributed by atoms with van der Waals surface area (Å²) in [5, 5.41) is 1.88. The number of hydrogen-bond donors (Lipinski definition) is 0. The molecule has 2 aromatic carbocycles. The normalized spacial score (nSPS) is 13.0. The van der Waals surface area contributed by atoms with E-state index >= 15 is 0 Å². The molecule has 3 nitrogen and oxygen atoms in total. The predicted molar refractivity (Wildman–Crippen MR) is 126 cm³/mol. The molecule has 0 aliphatic carbocycles. The van der Waals surface area contributed by atoms with Crippen molar-refractivity contribution >= 4 is 56.8 Å². The van der Waals surface area contributed by atoms with Crippen molar-refractivity contribution in [2.45, 2.75) is 32.7 Å². The van der Waals surface area contributed by atoms with Crippen molar-refractivity contribution in [2.24, 2.45) is 7.05 Å². The summed E-state index contributed by atoms with van der Waals surface area (Å²) in [6.07, 6.45) is -2.36. The fourth-order valence-corrected chi connectivity index (χ4v) is 6.33. The van der Waals surface area contributed by atoms with Gasteiger partial charge >= 0.3 is 6.18 Å². The van der Waals surface area contributed by atoms with Crippen molar-refractivity contribution in [3.05, 3.63) is 53.2 Å². The highest BCUT2D eigenvalue weighted by atomic mass is 32.1. The van der Waals surface area contributed by atoms with Crippen molar-refractivity contribution in [1.82, 2.24) is 4.98 Å². The maximum atomic E-state index is 13.6. The molecule has 0 fully saturated rings. The summed E-state index contributed by atoms with van der Waals surface area (Å²) in [5.41, 5.74) is 4.02. The number of thiazole rings is 1. The third kappa shape index (κ3) is 3.16. The Morgan fingerprint density at radius 1 is 1.06 bits per heavy atom. The lowest BCUT2D eigenvalue weighted by atomic mass is 9.99. The summed E-state index contributed by atoms with van der Waals surface area (Å²) in [6, 6.07) is 11.6. The highest BCUT2D eigenvalue weighted by Crippen LogP contribution is 2.46. The monoisotopic (exact) mass is 471 g/mol. The summed E-state index contributed by atoms with van der Waals surface area (Å²) >= 11 is 0.700. The zero-order valence-corrected chi connectivity index (χ0v) is 20.2. The van der Waals surface area contributed by atoms with Crippen molar-refractivity contribution in [3.63, 3.8) is 0 Å². The minimum absolute atomic E-state index is 0.352. The van der Waals surface area contributed by atoms with Crippen LogP contribution in [-0.2, 0) is 13.2 Å². The highest BCUT2D eigenvalue weighted by molar-refractivity contribution is 7.19. The first kappa shape index (κ1) is 21.1. The van der Waals surface area contributed by atoms with Crippen LogP contribution in [0.3, 0.4) is 0 Å². The van der Waals surface area contributed by atoms with E-state index in [4.69, 9.17) is 4.42 Å². The number of pyridine rings is 1. The van der Waals surface area contributed by atoms with Crippen molar-refractivity contribution in [1.29, 1.82) is 0 Å². The van der Waals surface area contributed by atoms with E-state index in [1.54, 1.807) is 0 Å². The van der Waals surface area contributed by atoms with Crippen LogP contribution in [0.25, 0.3) is 43.4 Å². The van der Waals surface area contributed by atoms with Gasteiger partial charge in [-0.3, -0.25) is 0 Å². The topological polar surface area (TPSA) is 29.9 Å². The molecule has 5 rings (SSSR count). The van der Waals surface area contributed by atoms with Gasteiger partial charge in [0.2, 0.25) is 5.69 Å². The van der Waals surface area contributed by atoms with Gasteiger partial charge in [-0.15, -0.1) is 11.3 Å². The Morgan fingerprint density at radius 3 is 2.44 bits per heavy atom. The van der Waals surface area contributed by atoms with E-state index in [2.05, 4.69) is 47.5 Å². The quantitative estimate of drug-likeness (QED) is 0.216. The van der Waals surface area contributed by atoms with Gasteiger partial charge in [0.15, 0.2) is 16.8 Å². The zero-order chi connectivity index (χ0) is 23.0. The van der Waals surface area contributed by atoms with Crippen LogP contribution in [0.15, 0.2) is 47.0 Å². The van der Waals surface area contributed by atoms with Crippen LogP contribution >= 0.6 is 11.3 Å². The Kier molecular flexibility index (Phi) is 4.55. The highest BCUT2D eigenvalue weighted by Gasteiger charge is 2.37. The largest absolute Gasteiger partial charge is 0.455 e. The first-order valence-corrected chi connectivity index (χ1v) is 14.6. The van der Waals surface area contributed by atoms with Gasteiger partial charge in [-0.05, 0) is 18.6 Å². The van der Waals surface area contributed by atoms with Crippen molar-refractivity contribution < 1.29 is 22.2 Å². The third-order valence-corrected chi connectivity index (χ3v) is 9.15. The first-order chi connectivity index (χ1) is 15.0.